The third-order valence-corrected chi connectivity index (χ3v) is 5.45. The zero-order chi connectivity index (χ0) is 18.6. The molecule has 0 aliphatic rings. The molecule has 0 unspecified atom stereocenters. The molecule has 25 heavy (non-hydrogen) atoms. The molecule has 0 aliphatic heterocycles. The van der Waals surface area contributed by atoms with E-state index >= 15 is 0 Å². The Bertz CT molecular complexity index is 908. The number of aryl methyl sites for hydroxylation is 2. The minimum Gasteiger partial charge on any atom is -0.326 e. The fourth-order valence-electron chi connectivity index (χ4n) is 2.36. The first kappa shape index (κ1) is 18.6. The van der Waals surface area contributed by atoms with Crippen molar-refractivity contribution in [1.29, 1.82) is 0 Å². The van der Waals surface area contributed by atoms with Crippen molar-refractivity contribution in [2.24, 2.45) is 0 Å². The van der Waals surface area contributed by atoms with E-state index in [0.717, 1.165) is 0 Å². The highest BCUT2D eigenvalue weighted by Crippen LogP contribution is 2.26. The van der Waals surface area contributed by atoms with Crippen molar-refractivity contribution < 1.29 is 18.1 Å². The Kier molecular flexibility index (Phi) is 5.53. The van der Waals surface area contributed by atoms with Gasteiger partial charge in [0.1, 0.15) is 0 Å². The lowest BCUT2D eigenvalue weighted by Gasteiger charge is -2.10. The summed E-state index contributed by atoms with van der Waals surface area (Å²) in [6.45, 7) is 3.33. The minimum atomic E-state index is -3.56. The number of carbonyl (C=O) groups excluding carboxylic acids is 1. The number of nitro groups is 1. The maximum atomic E-state index is 12.2. The van der Waals surface area contributed by atoms with Gasteiger partial charge in [0.05, 0.1) is 21.3 Å². The molecule has 0 spiro atoms. The second-order valence-electron chi connectivity index (χ2n) is 5.64. The summed E-state index contributed by atoms with van der Waals surface area (Å²) >= 11 is 0. The van der Waals surface area contributed by atoms with Gasteiger partial charge in [-0.05, 0) is 37.6 Å². The van der Waals surface area contributed by atoms with Gasteiger partial charge in [-0.2, -0.15) is 0 Å². The van der Waals surface area contributed by atoms with Gasteiger partial charge in [0.25, 0.3) is 5.69 Å². The van der Waals surface area contributed by atoms with Crippen molar-refractivity contribution in [3.8, 4) is 0 Å². The third-order valence-electron chi connectivity index (χ3n) is 3.71. The Morgan fingerprint density at radius 3 is 2.36 bits per heavy atom. The van der Waals surface area contributed by atoms with Crippen molar-refractivity contribution in [3.05, 3.63) is 63.7 Å². The predicted molar refractivity (Wildman–Crippen MR) is 94.3 cm³/mol. The van der Waals surface area contributed by atoms with Crippen LogP contribution in [-0.4, -0.2) is 25.0 Å². The van der Waals surface area contributed by atoms with Crippen LogP contribution in [0.2, 0.25) is 0 Å². The molecule has 132 valence electrons. The first-order valence-electron chi connectivity index (χ1n) is 7.54. The first-order chi connectivity index (χ1) is 11.7. The number of sulfone groups is 1. The number of hydrogen-bond acceptors (Lipinski definition) is 5. The van der Waals surface area contributed by atoms with E-state index in [1.807, 2.05) is 0 Å². The second-order valence-corrected chi connectivity index (χ2v) is 7.75. The molecule has 7 nitrogen and oxygen atoms in total. The molecular weight excluding hydrogens is 344 g/mol. The van der Waals surface area contributed by atoms with Crippen LogP contribution in [0.15, 0.2) is 47.4 Å². The molecule has 2 aromatic rings. The van der Waals surface area contributed by atoms with Gasteiger partial charge < -0.3 is 5.32 Å². The Morgan fingerprint density at radius 2 is 1.76 bits per heavy atom. The van der Waals surface area contributed by atoms with Crippen LogP contribution in [0.1, 0.15) is 17.5 Å². The van der Waals surface area contributed by atoms with Crippen molar-refractivity contribution in [2.75, 3.05) is 11.1 Å². The monoisotopic (exact) mass is 362 g/mol. The molecule has 1 N–H and O–H groups in total. The molecule has 0 radical (unpaired) electrons. The topological polar surface area (TPSA) is 106 Å². The van der Waals surface area contributed by atoms with Gasteiger partial charge in [0.15, 0.2) is 9.84 Å². The smallest absolute Gasteiger partial charge is 0.274 e. The molecule has 0 aromatic heterocycles. The average molecular weight is 362 g/mol. The number of hydrogen-bond donors (Lipinski definition) is 1. The molecule has 2 aromatic carbocycles. The number of nitrogens with one attached hydrogen (secondary N) is 1. The van der Waals surface area contributed by atoms with Crippen LogP contribution < -0.4 is 5.32 Å². The van der Waals surface area contributed by atoms with Crippen LogP contribution >= 0.6 is 0 Å². The van der Waals surface area contributed by atoms with Crippen molar-refractivity contribution >= 4 is 27.1 Å². The SMILES string of the molecule is Cc1cc(C)c([N+](=O)[O-])cc1NC(=O)CCS(=O)(=O)c1ccccc1. The van der Waals surface area contributed by atoms with Gasteiger partial charge in [0.2, 0.25) is 5.91 Å². The Hall–Kier alpha value is -2.74. The van der Waals surface area contributed by atoms with E-state index in [1.54, 1.807) is 38.1 Å². The standard InChI is InChI=1S/C17H18N2O5S/c1-12-10-13(2)16(19(21)22)11-15(12)18-17(20)8-9-25(23,24)14-6-4-3-5-7-14/h3-7,10-11H,8-9H2,1-2H3,(H,18,20). The maximum absolute atomic E-state index is 12.2. The van der Waals surface area contributed by atoms with Gasteiger partial charge >= 0.3 is 0 Å². The van der Waals surface area contributed by atoms with E-state index < -0.39 is 20.7 Å². The highest BCUT2D eigenvalue weighted by Gasteiger charge is 2.18. The molecule has 0 saturated carbocycles. The Labute approximate surface area is 145 Å². The van der Waals surface area contributed by atoms with E-state index in [2.05, 4.69) is 5.32 Å². The van der Waals surface area contributed by atoms with Gasteiger partial charge in [-0.25, -0.2) is 8.42 Å². The average Bonchev–Trinajstić information content (AvgIpc) is 2.56. The summed E-state index contributed by atoms with van der Waals surface area (Å²) in [5, 5.41) is 13.5. The molecule has 0 atom stereocenters. The number of benzene rings is 2. The predicted octanol–water partition coefficient (Wildman–Crippen LogP) is 3.01. The lowest BCUT2D eigenvalue weighted by atomic mass is 10.1. The normalized spacial score (nSPS) is 11.1. The minimum absolute atomic E-state index is 0.0993. The number of anilines is 1. The van der Waals surface area contributed by atoms with E-state index in [0.29, 0.717) is 16.8 Å². The number of amides is 1. The van der Waals surface area contributed by atoms with Crippen LogP contribution in [0, 0.1) is 24.0 Å². The highest BCUT2D eigenvalue weighted by molar-refractivity contribution is 7.91. The molecule has 0 bridgehead atoms. The molecule has 0 fully saturated rings. The lowest BCUT2D eigenvalue weighted by Crippen LogP contribution is -2.18. The van der Waals surface area contributed by atoms with Crippen LogP contribution in [0.3, 0.4) is 0 Å². The van der Waals surface area contributed by atoms with Gasteiger partial charge in [-0.15, -0.1) is 0 Å². The number of nitro benzene ring substituents is 1. The van der Waals surface area contributed by atoms with Crippen LogP contribution in [0.5, 0.6) is 0 Å². The molecule has 8 heteroatoms. The second kappa shape index (κ2) is 7.43. The fraction of sp³-hybridized carbons (Fsp3) is 0.235. The maximum Gasteiger partial charge on any atom is 0.274 e. The van der Waals surface area contributed by atoms with Crippen LogP contribution in [-0.2, 0) is 14.6 Å². The Morgan fingerprint density at radius 1 is 1.12 bits per heavy atom. The fourth-order valence-corrected chi connectivity index (χ4v) is 3.62. The molecule has 0 aliphatic carbocycles. The van der Waals surface area contributed by atoms with E-state index in [9.17, 15) is 23.3 Å². The van der Waals surface area contributed by atoms with Gasteiger partial charge in [-0.3, -0.25) is 14.9 Å². The zero-order valence-electron chi connectivity index (χ0n) is 13.9. The van der Waals surface area contributed by atoms with E-state index in [1.165, 1.54) is 18.2 Å². The van der Waals surface area contributed by atoms with Crippen molar-refractivity contribution in [3.63, 3.8) is 0 Å². The number of rotatable bonds is 6. The summed E-state index contributed by atoms with van der Waals surface area (Å²) in [5.41, 5.74) is 1.37. The van der Waals surface area contributed by atoms with Gasteiger partial charge in [-0.1, -0.05) is 18.2 Å². The highest BCUT2D eigenvalue weighted by atomic mass is 32.2. The molecular formula is C17H18N2O5S. The summed E-state index contributed by atoms with van der Waals surface area (Å²) in [7, 11) is -3.56. The van der Waals surface area contributed by atoms with Crippen molar-refractivity contribution in [1.82, 2.24) is 0 Å². The number of nitrogens with zero attached hydrogens (tertiary/aromatic N) is 1. The van der Waals surface area contributed by atoms with E-state index in [-0.39, 0.29) is 22.8 Å². The third kappa shape index (κ3) is 4.63. The van der Waals surface area contributed by atoms with Crippen LogP contribution in [0.4, 0.5) is 11.4 Å². The zero-order valence-corrected chi connectivity index (χ0v) is 14.7. The molecule has 2 rings (SSSR count). The lowest BCUT2D eigenvalue weighted by molar-refractivity contribution is -0.385. The molecule has 0 saturated heterocycles. The van der Waals surface area contributed by atoms with Crippen LogP contribution in [0.25, 0.3) is 0 Å². The number of carbonyl (C=O) groups is 1. The van der Waals surface area contributed by atoms with Gasteiger partial charge in [0, 0.05) is 18.1 Å². The summed E-state index contributed by atoms with van der Waals surface area (Å²) in [4.78, 5) is 22.7. The summed E-state index contributed by atoms with van der Waals surface area (Å²) in [6.07, 6.45) is -0.238. The molecule has 1 amide bonds. The van der Waals surface area contributed by atoms with Crippen molar-refractivity contribution in [2.45, 2.75) is 25.2 Å². The first-order valence-corrected chi connectivity index (χ1v) is 9.19. The largest absolute Gasteiger partial charge is 0.326 e. The summed E-state index contributed by atoms with van der Waals surface area (Å²) < 4.78 is 24.3. The summed E-state index contributed by atoms with van der Waals surface area (Å²) in [5.74, 6) is -0.851. The molecule has 0 heterocycles. The van der Waals surface area contributed by atoms with E-state index in [4.69, 9.17) is 0 Å². The Balaban J connectivity index is 2.08. The summed E-state index contributed by atoms with van der Waals surface area (Å²) in [6, 6.07) is 10.8. The quantitative estimate of drug-likeness (QED) is 0.628.